The van der Waals surface area contributed by atoms with Crippen molar-refractivity contribution in [2.45, 2.75) is 19.3 Å². The number of rotatable bonds is 6. The molecule has 0 fully saturated rings. The molecule has 1 aromatic heterocycles. The molecule has 306 valence electrons. The van der Waals surface area contributed by atoms with Crippen LogP contribution in [0.2, 0.25) is 0 Å². The lowest BCUT2D eigenvalue weighted by molar-refractivity contribution is 0.660. The van der Waals surface area contributed by atoms with Gasteiger partial charge in [0.2, 0.25) is 0 Å². The summed E-state index contributed by atoms with van der Waals surface area (Å²) < 4.78 is 7.10. The van der Waals surface area contributed by atoms with E-state index < -0.39 is 0 Å². The molecular weight excluding hydrogens is 787 g/mol. The molecule has 1 aliphatic rings. The summed E-state index contributed by atoms with van der Waals surface area (Å²) in [7, 11) is 0. The molecule has 0 aliphatic heterocycles. The molecule has 0 N–H and O–H groups in total. The van der Waals surface area contributed by atoms with E-state index in [0.29, 0.717) is 0 Å². The van der Waals surface area contributed by atoms with Gasteiger partial charge in [0.1, 0.15) is 11.2 Å². The molecule has 2 heteroatoms. The highest BCUT2D eigenvalue weighted by Crippen LogP contribution is 2.52. The number of nitrogens with zero attached hydrogens (tertiary/aromatic N) is 1. The Kier molecular flexibility index (Phi) is 8.29. The first kappa shape index (κ1) is 37.4. The average molecular weight is 830 g/mol. The summed E-state index contributed by atoms with van der Waals surface area (Å²) in [5.74, 6) is 0. The van der Waals surface area contributed by atoms with Crippen LogP contribution in [0.1, 0.15) is 25.0 Å². The van der Waals surface area contributed by atoms with Crippen LogP contribution in [0.25, 0.3) is 98.8 Å². The Bertz CT molecular complexity index is 3840. The quantitative estimate of drug-likeness (QED) is 0.155. The van der Waals surface area contributed by atoms with Crippen molar-refractivity contribution < 1.29 is 4.42 Å². The first-order chi connectivity index (χ1) is 32.0. The van der Waals surface area contributed by atoms with Gasteiger partial charge in [-0.2, -0.15) is 0 Å². The van der Waals surface area contributed by atoms with Crippen LogP contribution >= 0.6 is 0 Å². The molecule has 0 spiro atoms. The fourth-order valence-corrected chi connectivity index (χ4v) is 10.9. The van der Waals surface area contributed by atoms with Crippen molar-refractivity contribution in [2.75, 3.05) is 4.90 Å². The third kappa shape index (κ3) is 5.74. The van der Waals surface area contributed by atoms with Crippen molar-refractivity contribution in [1.82, 2.24) is 0 Å². The van der Waals surface area contributed by atoms with Crippen LogP contribution in [0.5, 0.6) is 0 Å². The summed E-state index contributed by atoms with van der Waals surface area (Å²) >= 11 is 0. The number of hydrogen-bond acceptors (Lipinski definition) is 2. The summed E-state index contributed by atoms with van der Waals surface area (Å²) in [6.45, 7) is 4.72. The minimum Gasteiger partial charge on any atom is -0.455 e. The lowest BCUT2D eigenvalue weighted by atomic mass is 9.82. The Labute approximate surface area is 378 Å². The van der Waals surface area contributed by atoms with Crippen molar-refractivity contribution in [3.63, 3.8) is 0 Å². The zero-order valence-corrected chi connectivity index (χ0v) is 36.2. The molecule has 12 aromatic rings. The topological polar surface area (TPSA) is 16.4 Å². The zero-order valence-electron chi connectivity index (χ0n) is 36.2. The molecule has 0 amide bonds. The van der Waals surface area contributed by atoms with Crippen molar-refractivity contribution in [2.24, 2.45) is 0 Å². The van der Waals surface area contributed by atoms with Crippen LogP contribution in [-0.4, -0.2) is 0 Å². The van der Waals surface area contributed by atoms with Crippen LogP contribution in [-0.2, 0) is 5.41 Å². The van der Waals surface area contributed by atoms with E-state index >= 15 is 0 Å². The molecule has 0 atom stereocenters. The van der Waals surface area contributed by atoms with Crippen molar-refractivity contribution in [3.8, 4) is 44.5 Å². The first-order valence-corrected chi connectivity index (χ1v) is 22.6. The predicted molar refractivity (Wildman–Crippen MR) is 275 cm³/mol. The first-order valence-electron chi connectivity index (χ1n) is 22.6. The molecule has 11 aromatic carbocycles. The van der Waals surface area contributed by atoms with Gasteiger partial charge in [-0.25, -0.2) is 0 Å². The van der Waals surface area contributed by atoms with Gasteiger partial charge < -0.3 is 9.32 Å². The van der Waals surface area contributed by atoms with Crippen molar-refractivity contribution in [3.05, 3.63) is 236 Å². The molecule has 0 radical (unpaired) electrons. The summed E-state index contributed by atoms with van der Waals surface area (Å²) in [4.78, 5) is 2.45. The standard InChI is InChI=1S/C63H43NO/c1-63(2)56-28-16-15-24-50(56)51-34-33-45(39-57(51)63)64(44-31-29-41(30-32-44)40-17-5-3-6-18-40)58-36-35-46(47-21-9-12-25-52(47)58)43-37-55(42-19-7-4-8-20-42)60-59(38-43)65-62-54-27-14-11-23-49(54)48-22-10-13-26-53(48)61(60)62/h3-39H,1-2H3. The Morgan fingerprint density at radius 1 is 0.338 bits per heavy atom. The van der Waals surface area contributed by atoms with Gasteiger partial charge in [0.15, 0.2) is 0 Å². The number of furan rings is 1. The van der Waals surface area contributed by atoms with Crippen LogP contribution in [0, 0.1) is 0 Å². The second-order valence-corrected chi connectivity index (χ2v) is 18.0. The maximum Gasteiger partial charge on any atom is 0.143 e. The van der Waals surface area contributed by atoms with Gasteiger partial charge in [-0.15, -0.1) is 0 Å². The van der Waals surface area contributed by atoms with E-state index in [4.69, 9.17) is 4.42 Å². The molecule has 1 heterocycles. The SMILES string of the molecule is CC1(C)c2ccccc2-c2ccc(N(c3ccc(-c4ccccc4)cc3)c3ccc(-c4cc(-c5ccccc5)c5c(c4)oc4c6ccccc6c6ccccc6c45)c4ccccc34)cc21. The summed E-state index contributed by atoms with van der Waals surface area (Å²) in [5.41, 5.74) is 17.4. The molecule has 0 saturated carbocycles. The van der Waals surface area contributed by atoms with E-state index in [2.05, 4.69) is 243 Å². The van der Waals surface area contributed by atoms with Gasteiger partial charge in [-0.1, -0.05) is 196 Å². The predicted octanol–water partition coefficient (Wildman–Crippen LogP) is 17.8. The maximum atomic E-state index is 7.10. The minimum absolute atomic E-state index is 0.138. The van der Waals surface area contributed by atoms with Crippen LogP contribution < -0.4 is 4.90 Å². The Morgan fingerprint density at radius 3 is 1.65 bits per heavy atom. The molecule has 0 saturated heterocycles. The normalized spacial score (nSPS) is 12.9. The number of anilines is 3. The monoisotopic (exact) mass is 829 g/mol. The molecule has 0 bridgehead atoms. The zero-order chi connectivity index (χ0) is 43.2. The van der Waals surface area contributed by atoms with E-state index in [1.807, 2.05) is 0 Å². The minimum atomic E-state index is -0.138. The van der Waals surface area contributed by atoms with Gasteiger partial charge in [0.05, 0.1) is 5.69 Å². The van der Waals surface area contributed by atoms with Crippen LogP contribution in [0.3, 0.4) is 0 Å². The van der Waals surface area contributed by atoms with Gasteiger partial charge in [0, 0.05) is 38.3 Å². The third-order valence-electron chi connectivity index (χ3n) is 14.0. The number of benzene rings is 11. The molecule has 13 rings (SSSR count). The van der Waals surface area contributed by atoms with Crippen molar-refractivity contribution in [1.29, 1.82) is 0 Å². The van der Waals surface area contributed by atoms with Crippen molar-refractivity contribution >= 4 is 71.3 Å². The molecule has 65 heavy (non-hydrogen) atoms. The summed E-state index contributed by atoms with van der Waals surface area (Å²) in [6, 6.07) is 82.0. The fourth-order valence-electron chi connectivity index (χ4n) is 10.9. The molecule has 2 nitrogen and oxygen atoms in total. The smallest absolute Gasteiger partial charge is 0.143 e. The summed E-state index contributed by atoms with van der Waals surface area (Å²) in [6.07, 6.45) is 0. The van der Waals surface area contributed by atoms with E-state index in [9.17, 15) is 0 Å². The molecule has 1 aliphatic carbocycles. The largest absolute Gasteiger partial charge is 0.455 e. The van der Waals surface area contributed by atoms with Gasteiger partial charge in [-0.3, -0.25) is 0 Å². The second-order valence-electron chi connectivity index (χ2n) is 18.0. The highest BCUT2D eigenvalue weighted by atomic mass is 16.3. The lowest BCUT2D eigenvalue weighted by Gasteiger charge is -2.29. The number of hydrogen-bond donors (Lipinski definition) is 0. The lowest BCUT2D eigenvalue weighted by Crippen LogP contribution is -2.16. The molecular formula is C63H43NO. The maximum absolute atomic E-state index is 7.10. The van der Waals surface area contributed by atoms with Gasteiger partial charge >= 0.3 is 0 Å². The third-order valence-corrected chi connectivity index (χ3v) is 14.0. The highest BCUT2D eigenvalue weighted by molar-refractivity contribution is 6.32. The van der Waals surface area contributed by atoms with Crippen LogP contribution in [0.15, 0.2) is 229 Å². The van der Waals surface area contributed by atoms with E-state index in [1.54, 1.807) is 0 Å². The number of fused-ring (bicyclic) bond motifs is 12. The Morgan fingerprint density at radius 2 is 0.892 bits per heavy atom. The average Bonchev–Trinajstić information content (AvgIpc) is 3.87. The fraction of sp³-hybridized carbons (Fsp3) is 0.0476. The van der Waals surface area contributed by atoms with E-state index in [0.717, 1.165) is 66.6 Å². The summed E-state index contributed by atoms with van der Waals surface area (Å²) in [5, 5.41) is 9.42. The van der Waals surface area contributed by atoms with Gasteiger partial charge in [-0.05, 0) is 120 Å². The van der Waals surface area contributed by atoms with Crippen LogP contribution in [0.4, 0.5) is 17.1 Å². The Balaban J connectivity index is 1.04. The van der Waals surface area contributed by atoms with Gasteiger partial charge in [0.25, 0.3) is 0 Å². The molecule has 0 unspecified atom stereocenters. The van der Waals surface area contributed by atoms with E-state index in [1.165, 1.54) is 60.3 Å². The van der Waals surface area contributed by atoms with E-state index in [-0.39, 0.29) is 5.41 Å². The second kappa shape index (κ2) is 14.4. The highest BCUT2D eigenvalue weighted by Gasteiger charge is 2.36. The Hall–Kier alpha value is -8.20.